The quantitative estimate of drug-likeness (QED) is 0.628. The Balaban J connectivity index is 2.20. The Bertz CT molecular complexity index is 607. The Kier molecular flexibility index (Phi) is 7.33. The van der Waals surface area contributed by atoms with Crippen LogP contribution in [0.3, 0.4) is 0 Å². The summed E-state index contributed by atoms with van der Waals surface area (Å²) < 4.78 is 0. The molecule has 0 aliphatic heterocycles. The molecular formula is C22H32N2. The van der Waals surface area contributed by atoms with Crippen LogP contribution in [0, 0.1) is 6.92 Å². The number of nitrogens with zero attached hydrogens (tertiary/aromatic N) is 1. The summed E-state index contributed by atoms with van der Waals surface area (Å²) in [5.41, 5.74) is 5.36. The molecule has 0 saturated carbocycles. The van der Waals surface area contributed by atoms with Crippen molar-refractivity contribution in [3.05, 3.63) is 65.2 Å². The fraction of sp³-hybridized carbons (Fsp3) is 0.455. The lowest BCUT2D eigenvalue weighted by Gasteiger charge is -2.30. The van der Waals surface area contributed by atoms with Crippen LogP contribution in [0.4, 0.5) is 5.69 Å². The fourth-order valence-electron chi connectivity index (χ4n) is 3.08. The van der Waals surface area contributed by atoms with E-state index in [0.29, 0.717) is 6.04 Å². The van der Waals surface area contributed by atoms with Gasteiger partial charge in [0.2, 0.25) is 0 Å². The van der Waals surface area contributed by atoms with Gasteiger partial charge in [-0.05, 0) is 56.5 Å². The predicted molar refractivity (Wildman–Crippen MR) is 106 cm³/mol. The number of unbranched alkanes of at least 4 members (excludes halogenated alkanes) is 1. The van der Waals surface area contributed by atoms with Crippen molar-refractivity contribution in [3.63, 3.8) is 0 Å². The van der Waals surface area contributed by atoms with Crippen LogP contribution in [0.1, 0.15) is 56.3 Å². The Morgan fingerprint density at radius 1 is 1.04 bits per heavy atom. The summed E-state index contributed by atoms with van der Waals surface area (Å²) in [5.74, 6) is 0. The van der Waals surface area contributed by atoms with Gasteiger partial charge in [0.25, 0.3) is 0 Å². The fourth-order valence-corrected chi connectivity index (χ4v) is 3.08. The Morgan fingerprint density at radius 2 is 1.79 bits per heavy atom. The third kappa shape index (κ3) is 5.10. The first-order chi connectivity index (χ1) is 11.7. The highest BCUT2D eigenvalue weighted by Gasteiger charge is 2.16. The van der Waals surface area contributed by atoms with E-state index in [1.165, 1.54) is 35.2 Å². The van der Waals surface area contributed by atoms with Crippen molar-refractivity contribution in [3.8, 4) is 0 Å². The summed E-state index contributed by atoms with van der Waals surface area (Å²) in [4.78, 5) is 2.60. The number of hydrogen-bond donors (Lipinski definition) is 1. The second kappa shape index (κ2) is 9.48. The minimum absolute atomic E-state index is 0.412. The standard InChI is InChI=1S/C22H32N2/c1-5-7-15-24(17-20-11-9-8-10-12-20)19(4)21-14-13-18(3)22(16-21)23-6-2/h8-14,16,19,23H,5-7,15,17H2,1-4H3/t19-/m0/s1. The number of rotatable bonds is 9. The molecule has 0 amide bonds. The highest BCUT2D eigenvalue weighted by molar-refractivity contribution is 5.53. The summed E-state index contributed by atoms with van der Waals surface area (Å²) in [7, 11) is 0. The Morgan fingerprint density at radius 3 is 2.46 bits per heavy atom. The second-order valence-electron chi connectivity index (χ2n) is 6.59. The molecule has 0 aliphatic rings. The summed E-state index contributed by atoms with van der Waals surface area (Å²) in [6.45, 7) is 12.0. The highest BCUT2D eigenvalue weighted by Crippen LogP contribution is 2.27. The van der Waals surface area contributed by atoms with Gasteiger partial charge in [-0.25, -0.2) is 0 Å². The molecule has 2 aromatic rings. The van der Waals surface area contributed by atoms with Crippen molar-refractivity contribution in [1.82, 2.24) is 4.90 Å². The molecule has 24 heavy (non-hydrogen) atoms. The van der Waals surface area contributed by atoms with Crippen LogP contribution in [0.25, 0.3) is 0 Å². The second-order valence-corrected chi connectivity index (χ2v) is 6.59. The van der Waals surface area contributed by atoms with Crippen LogP contribution in [0.2, 0.25) is 0 Å². The van der Waals surface area contributed by atoms with E-state index in [2.05, 4.69) is 86.4 Å². The lowest BCUT2D eigenvalue weighted by molar-refractivity contribution is 0.198. The van der Waals surface area contributed by atoms with Crippen LogP contribution < -0.4 is 5.32 Å². The SMILES string of the molecule is CCCCN(Cc1ccccc1)[C@@H](C)c1ccc(C)c(NCC)c1. The number of nitrogens with one attached hydrogen (secondary N) is 1. The van der Waals surface area contributed by atoms with Gasteiger partial charge in [-0.15, -0.1) is 0 Å². The zero-order valence-corrected chi connectivity index (χ0v) is 15.7. The third-order valence-electron chi connectivity index (χ3n) is 4.69. The lowest BCUT2D eigenvalue weighted by Crippen LogP contribution is -2.28. The molecule has 0 saturated heterocycles. The minimum atomic E-state index is 0.412. The van der Waals surface area contributed by atoms with Gasteiger partial charge in [-0.2, -0.15) is 0 Å². The molecule has 2 rings (SSSR count). The summed E-state index contributed by atoms with van der Waals surface area (Å²) in [6, 6.07) is 18.1. The maximum atomic E-state index is 3.48. The van der Waals surface area contributed by atoms with Gasteiger partial charge in [0.05, 0.1) is 0 Å². The zero-order valence-electron chi connectivity index (χ0n) is 15.7. The molecule has 0 fully saturated rings. The molecule has 1 N–H and O–H groups in total. The topological polar surface area (TPSA) is 15.3 Å². The van der Waals surface area contributed by atoms with E-state index in [4.69, 9.17) is 0 Å². The van der Waals surface area contributed by atoms with Crippen LogP contribution in [0.5, 0.6) is 0 Å². The van der Waals surface area contributed by atoms with Crippen molar-refractivity contribution in [2.24, 2.45) is 0 Å². The molecule has 0 heterocycles. The number of anilines is 1. The van der Waals surface area contributed by atoms with Gasteiger partial charge in [0.15, 0.2) is 0 Å². The molecule has 2 aromatic carbocycles. The average molecular weight is 325 g/mol. The first kappa shape index (κ1) is 18.5. The summed E-state index contributed by atoms with van der Waals surface area (Å²) >= 11 is 0. The first-order valence-corrected chi connectivity index (χ1v) is 9.28. The zero-order chi connectivity index (χ0) is 17.4. The molecule has 1 atom stereocenters. The van der Waals surface area contributed by atoms with Crippen molar-refractivity contribution in [2.75, 3.05) is 18.4 Å². The summed E-state index contributed by atoms with van der Waals surface area (Å²) in [5, 5.41) is 3.48. The molecule has 0 aliphatic carbocycles. The van der Waals surface area contributed by atoms with Crippen molar-refractivity contribution < 1.29 is 0 Å². The molecule has 130 valence electrons. The summed E-state index contributed by atoms with van der Waals surface area (Å²) in [6.07, 6.45) is 2.47. The number of hydrogen-bond acceptors (Lipinski definition) is 2. The maximum absolute atomic E-state index is 3.48. The van der Waals surface area contributed by atoms with E-state index >= 15 is 0 Å². The van der Waals surface area contributed by atoms with E-state index < -0.39 is 0 Å². The Hall–Kier alpha value is -1.80. The van der Waals surface area contributed by atoms with Crippen molar-refractivity contribution in [1.29, 1.82) is 0 Å². The number of aryl methyl sites for hydroxylation is 1. The predicted octanol–water partition coefficient (Wildman–Crippen LogP) is 5.79. The molecule has 0 spiro atoms. The van der Waals surface area contributed by atoms with Gasteiger partial charge in [0, 0.05) is 24.8 Å². The van der Waals surface area contributed by atoms with Crippen LogP contribution in [-0.2, 0) is 6.54 Å². The van der Waals surface area contributed by atoms with Gasteiger partial charge < -0.3 is 5.32 Å². The van der Waals surface area contributed by atoms with E-state index in [1.54, 1.807) is 0 Å². The average Bonchev–Trinajstić information content (AvgIpc) is 2.61. The Labute approximate surface area is 147 Å². The van der Waals surface area contributed by atoms with Crippen LogP contribution >= 0.6 is 0 Å². The van der Waals surface area contributed by atoms with Gasteiger partial charge >= 0.3 is 0 Å². The first-order valence-electron chi connectivity index (χ1n) is 9.28. The molecule has 0 bridgehead atoms. The number of benzene rings is 2. The van der Waals surface area contributed by atoms with Crippen molar-refractivity contribution in [2.45, 2.75) is 53.1 Å². The van der Waals surface area contributed by atoms with Gasteiger partial charge in [-0.1, -0.05) is 55.8 Å². The third-order valence-corrected chi connectivity index (χ3v) is 4.69. The maximum Gasteiger partial charge on any atom is 0.0373 e. The van der Waals surface area contributed by atoms with Crippen LogP contribution in [0.15, 0.2) is 48.5 Å². The molecular weight excluding hydrogens is 292 g/mol. The molecule has 2 nitrogen and oxygen atoms in total. The normalized spacial score (nSPS) is 12.4. The van der Waals surface area contributed by atoms with Crippen molar-refractivity contribution >= 4 is 5.69 Å². The molecule has 0 aromatic heterocycles. The smallest absolute Gasteiger partial charge is 0.0373 e. The van der Waals surface area contributed by atoms with E-state index in [9.17, 15) is 0 Å². The van der Waals surface area contributed by atoms with E-state index in [0.717, 1.165) is 19.6 Å². The monoisotopic (exact) mass is 324 g/mol. The van der Waals surface area contributed by atoms with Gasteiger partial charge in [-0.3, -0.25) is 4.90 Å². The minimum Gasteiger partial charge on any atom is -0.385 e. The molecule has 2 heteroatoms. The van der Waals surface area contributed by atoms with E-state index in [-0.39, 0.29) is 0 Å². The molecule has 0 radical (unpaired) electrons. The largest absolute Gasteiger partial charge is 0.385 e. The van der Waals surface area contributed by atoms with Gasteiger partial charge in [0.1, 0.15) is 0 Å². The van der Waals surface area contributed by atoms with Crippen LogP contribution in [-0.4, -0.2) is 18.0 Å². The lowest BCUT2D eigenvalue weighted by atomic mass is 10.0. The van der Waals surface area contributed by atoms with E-state index in [1.807, 2.05) is 0 Å². The highest BCUT2D eigenvalue weighted by atomic mass is 15.1. The molecule has 0 unspecified atom stereocenters.